The van der Waals surface area contributed by atoms with Gasteiger partial charge in [-0.25, -0.2) is 8.60 Å². The van der Waals surface area contributed by atoms with Crippen LogP contribution in [0, 0.1) is 5.82 Å². The summed E-state index contributed by atoms with van der Waals surface area (Å²) in [7, 11) is -1.37. The van der Waals surface area contributed by atoms with E-state index in [-0.39, 0.29) is 11.7 Å². The van der Waals surface area contributed by atoms with Crippen molar-refractivity contribution in [2.45, 2.75) is 37.9 Å². The topological polar surface area (TPSA) is 56.0 Å². The number of nitrogens with zero attached hydrogens (tertiary/aromatic N) is 1. The second-order valence-electron chi connectivity index (χ2n) is 6.14. The first-order chi connectivity index (χ1) is 10.3. The van der Waals surface area contributed by atoms with Crippen LogP contribution in [0.3, 0.4) is 0 Å². The molecule has 1 unspecified atom stereocenters. The van der Waals surface area contributed by atoms with Crippen molar-refractivity contribution in [3.05, 3.63) is 54.1 Å². The predicted molar refractivity (Wildman–Crippen MR) is 89.1 cm³/mol. The number of aromatic nitrogens is 1. The average Bonchev–Trinajstić information content (AvgIpc) is 2.47. The Morgan fingerprint density at radius 2 is 1.77 bits per heavy atom. The Morgan fingerprint density at radius 3 is 2.27 bits per heavy atom. The minimum absolute atomic E-state index is 0.157. The molecule has 2 rings (SSSR count). The highest BCUT2D eigenvalue weighted by Crippen LogP contribution is 2.28. The first-order valence-corrected chi connectivity index (χ1v) is 8.39. The van der Waals surface area contributed by atoms with Crippen LogP contribution in [-0.2, 0) is 11.0 Å². The molecule has 5 heteroatoms. The highest BCUT2D eigenvalue weighted by Gasteiger charge is 2.27. The zero-order valence-corrected chi connectivity index (χ0v) is 13.9. The van der Waals surface area contributed by atoms with Crippen LogP contribution in [0.5, 0.6) is 0 Å². The molecule has 0 radical (unpaired) electrons. The van der Waals surface area contributed by atoms with Crippen molar-refractivity contribution in [2.24, 2.45) is 5.14 Å². The summed E-state index contributed by atoms with van der Waals surface area (Å²) in [5, 5.41) is 5.53. The van der Waals surface area contributed by atoms with E-state index in [2.05, 4.69) is 11.9 Å². The van der Waals surface area contributed by atoms with Crippen LogP contribution >= 0.6 is 0 Å². The van der Waals surface area contributed by atoms with E-state index in [0.717, 1.165) is 16.8 Å². The summed E-state index contributed by atoms with van der Waals surface area (Å²) in [6.07, 6.45) is 2.48. The summed E-state index contributed by atoms with van der Waals surface area (Å²) in [6, 6.07) is 10.3. The Morgan fingerprint density at radius 1 is 1.18 bits per heavy atom. The lowest BCUT2D eigenvalue weighted by atomic mass is 9.94. The van der Waals surface area contributed by atoms with E-state index in [1.807, 2.05) is 26.0 Å². The van der Waals surface area contributed by atoms with Gasteiger partial charge in [-0.15, -0.1) is 0 Å². The smallest absolute Gasteiger partial charge is 0.123 e. The molecule has 1 heterocycles. The van der Waals surface area contributed by atoms with Gasteiger partial charge in [0.05, 0.1) is 15.7 Å². The SMILES string of the molecule is C[C@@H](CC(C)(C)S(N)=O)c1ccc(-c2ccc(F)cc2)cn1. The van der Waals surface area contributed by atoms with E-state index in [4.69, 9.17) is 5.14 Å². The molecular formula is C17H21FN2OS. The molecule has 0 bridgehead atoms. The van der Waals surface area contributed by atoms with Crippen LogP contribution < -0.4 is 5.14 Å². The zero-order chi connectivity index (χ0) is 16.3. The van der Waals surface area contributed by atoms with Crippen LogP contribution in [0.4, 0.5) is 4.39 Å². The molecule has 2 N–H and O–H groups in total. The summed E-state index contributed by atoms with van der Waals surface area (Å²) >= 11 is 0. The van der Waals surface area contributed by atoms with Gasteiger partial charge < -0.3 is 0 Å². The second kappa shape index (κ2) is 6.67. The molecule has 3 nitrogen and oxygen atoms in total. The Hall–Kier alpha value is -1.59. The van der Waals surface area contributed by atoms with E-state index >= 15 is 0 Å². The Balaban J connectivity index is 2.15. The maximum atomic E-state index is 12.9. The minimum atomic E-state index is -1.37. The third-order valence-electron chi connectivity index (χ3n) is 3.81. The Kier molecular flexibility index (Phi) is 5.08. The molecule has 1 aromatic heterocycles. The highest BCUT2D eigenvalue weighted by atomic mass is 32.2. The lowest BCUT2D eigenvalue weighted by Crippen LogP contribution is -2.33. The van der Waals surface area contributed by atoms with Gasteiger partial charge in [0, 0.05) is 17.5 Å². The van der Waals surface area contributed by atoms with E-state index in [1.54, 1.807) is 18.3 Å². The van der Waals surface area contributed by atoms with Gasteiger partial charge >= 0.3 is 0 Å². The molecule has 0 fully saturated rings. The van der Waals surface area contributed by atoms with Crippen molar-refractivity contribution >= 4 is 11.0 Å². The van der Waals surface area contributed by atoms with Crippen molar-refractivity contribution in [1.82, 2.24) is 4.98 Å². The van der Waals surface area contributed by atoms with Crippen LogP contribution in [-0.4, -0.2) is 13.9 Å². The first-order valence-electron chi connectivity index (χ1n) is 7.18. The predicted octanol–water partition coefficient (Wildman–Crippen LogP) is 3.78. The zero-order valence-electron chi connectivity index (χ0n) is 13.0. The molecule has 0 amide bonds. The lowest BCUT2D eigenvalue weighted by molar-refractivity contribution is 0.533. The van der Waals surface area contributed by atoms with Crippen LogP contribution in [0.25, 0.3) is 11.1 Å². The number of rotatable bonds is 5. The minimum Gasteiger partial charge on any atom is -0.260 e. The molecule has 0 spiro atoms. The molecule has 118 valence electrons. The molecule has 0 aliphatic heterocycles. The summed E-state index contributed by atoms with van der Waals surface area (Å²) < 4.78 is 24.0. The van der Waals surface area contributed by atoms with E-state index in [1.165, 1.54) is 12.1 Å². The van der Waals surface area contributed by atoms with E-state index in [0.29, 0.717) is 6.42 Å². The lowest BCUT2D eigenvalue weighted by Gasteiger charge is -2.24. The van der Waals surface area contributed by atoms with Gasteiger partial charge in [0.2, 0.25) is 0 Å². The molecule has 0 saturated heterocycles. The van der Waals surface area contributed by atoms with Gasteiger partial charge in [-0.3, -0.25) is 10.1 Å². The first kappa shape index (κ1) is 16.8. The molecule has 0 aliphatic carbocycles. The summed E-state index contributed by atoms with van der Waals surface area (Å²) in [4.78, 5) is 4.49. The van der Waals surface area contributed by atoms with Crippen molar-refractivity contribution < 1.29 is 8.60 Å². The average molecular weight is 320 g/mol. The fourth-order valence-corrected chi connectivity index (χ4v) is 2.85. The molecular weight excluding hydrogens is 299 g/mol. The Labute approximate surface area is 133 Å². The molecule has 2 atom stereocenters. The van der Waals surface area contributed by atoms with Gasteiger partial charge in [0.25, 0.3) is 0 Å². The second-order valence-corrected chi connectivity index (χ2v) is 7.84. The van der Waals surface area contributed by atoms with Gasteiger partial charge in [0.1, 0.15) is 5.82 Å². The van der Waals surface area contributed by atoms with Gasteiger partial charge in [0.15, 0.2) is 0 Å². The summed E-state index contributed by atoms with van der Waals surface area (Å²) in [5.74, 6) is -0.0938. The fraction of sp³-hybridized carbons (Fsp3) is 0.353. The van der Waals surface area contributed by atoms with Crippen LogP contribution in [0.2, 0.25) is 0 Å². The van der Waals surface area contributed by atoms with E-state index < -0.39 is 15.7 Å². The third-order valence-corrected chi connectivity index (χ3v) is 5.07. The summed E-state index contributed by atoms with van der Waals surface area (Å²) in [6.45, 7) is 5.84. The van der Waals surface area contributed by atoms with E-state index in [9.17, 15) is 8.60 Å². The molecule has 22 heavy (non-hydrogen) atoms. The molecule has 1 aromatic carbocycles. The van der Waals surface area contributed by atoms with Crippen molar-refractivity contribution in [2.75, 3.05) is 0 Å². The number of hydrogen-bond acceptors (Lipinski definition) is 2. The maximum Gasteiger partial charge on any atom is 0.123 e. The van der Waals surface area contributed by atoms with Gasteiger partial charge in [-0.2, -0.15) is 0 Å². The largest absolute Gasteiger partial charge is 0.260 e. The molecule has 0 saturated carbocycles. The number of nitrogens with two attached hydrogens (primary N) is 1. The Bertz CT molecular complexity index is 653. The fourth-order valence-electron chi connectivity index (χ4n) is 2.43. The third kappa shape index (κ3) is 3.99. The monoisotopic (exact) mass is 320 g/mol. The number of pyridine rings is 1. The van der Waals surface area contributed by atoms with Crippen molar-refractivity contribution in [3.63, 3.8) is 0 Å². The van der Waals surface area contributed by atoms with Gasteiger partial charge in [-0.05, 0) is 49.9 Å². The number of benzene rings is 1. The van der Waals surface area contributed by atoms with Crippen LogP contribution in [0.1, 0.15) is 38.8 Å². The number of halogens is 1. The summed E-state index contributed by atoms with van der Waals surface area (Å²) in [5.41, 5.74) is 2.80. The number of hydrogen-bond donors (Lipinski definition) is 1. The van der Waals surface area contributed by atoms with Crippen LogP contribution in [0.15, 0.2) is 42.6 Å². The standard InChI is InChI=1S/C17H21FN2OS/c1-12(10-17(2,3)22(19)21)16-9-6-14(11-20-16)13-4-7-15(18)8-5-13/h4-9,11-12H,10,19H2,1-3H3/t12-,22?/m0/s1. The quantitative estimate of drug-likeness (QED) is 0.911. The van der Waals surface area contributed by atoms with Crippen molar-refractivity contribution in [3.8, 4) is 11.1 Å². The van der Waals surface area contributed by atoms with Crippen molar-refractivity contribution in [1.29, 1.82) is 0 Å². The highest BCUT2D eigenvalue weighted by molar-refractivity contribution is 7.84. The normalized spacial score (nSPS) is 14.6. The maximum absolute atomic E-state index is 12.9. The molecule has 2 aromatic rings. The molecule has 0 aliphatic rings. The van der Waals surface area contributed by atoms with Gasteiger partial charge in [-0.1, -0.05) is 25.1 Å².